The molecule has 1 aromatic heterocycles. The number of benzene rings is 1. The predicted octanol–water partition coefficient (Wildman–Crippen LogP) is 3.63. The number of ether oxygens (including phenoxy) is 1. The van der Waals surface area contributed by atoms with E-state index in [0.717, 1.165) is 10.4 Å². The van der Waals surface area contributed by atoms with Gasteiger partial charge in [0.15, 0.2) is 5.96 Å². The Kier molecular flexibility index (Phi) is 10.9. The van der Waals surface area contributed by atoms with E-state index in [1.54, 1.807) is 37.6 Å². The Balaban J connectivity index is 0.00000420. The standard InChI is InChI=1S/C19H24F2N4O2S.HI/c1-24(2)17(26)12-23-19(22-11-16-5-4-10-28-16)25(3)13-14-6-8-15(9-7-14)27-18(20)21;/h4-10,18H,11-13H2,1-3H3,(H,22,23);1H. The number of halogens is 3. The molecule has 2 aromatic rings. The molecule has 0 bridgehead atoms. The fraction of sp³-hybridized carbons (Fsp3) is 0.368. The van der Waals surface area contributed by atoms with Crippen LogP contribution in [-0.2, 0) is 17.9 Å². The van der Waals surface area contributed by atoms with Gasteiger partial charge in [-0.1, -0.05) is 18.2 Å². The number of nitrogens with zero attached hydrogens (tertiary/aromatic N) is 3. The second kappa shape index (κ2) is 12.6. The van der Waals surface area contributed by atoms with Crippen LogP contribution >= 0.6 is 35.3 Å². The number of carbonyl (C=O) groups is 1. The summed E-state index contributed by atoms with van der Waals surface area (Å²) in [6.07, 6.45) is 0. The van der Waals surface area contributed by atoms with Gasteiger partial charge in [0.05, 0.1) is 6.54 Å². The molecular formula is C19H25F2IN4O2S. The molecule has 0 aliphatic carbocycles. The van der Waals surface area contributed by atoms with E-state index in [0.29, 0.717) is 19.0 Å². The monoisotopic (exact) mass is 538 g/mol. The van der Waals surface area contributed by atoms with Crippen molar-refractivity contribution in [2.45, 2.75) is 19.7 Å². The highest BCUT2D eigenvalue weighted by atomic mass is 127. The van der Waals surface area contributed by atoms with Crippen LogP contribution < -0.4 is 10.1 Å². The van der Waals surface area contributed by atoms with Crippen molar-refractivity contribution in [3.63, 3.8) is 0 Å². The number of hydrogen-bond donors (Lipinski definition) is 1. The van der Waals surface area contributed by atoms with Crippen LogP contribution in [0, 0.1) is 0 Å². The number of alkyl halides is 2. The van der Waals surface area contributed by atoms with Crippen molar-refractivity contribution in [2.24, 2.45) is 4.99 Å². The quantitative estimate of drug-likeness (QED) is 0.317. The Morgan fingerprint density at radius 1 is 1.21 bits per heavy atom. The third kappa shape index (κ3) is 8.94. The minimum Gasteiger partial charge on any atom is -0.435 e. The number of guanidine groups is 1. The van der Waals surface area contributed by atoms with Gasteiger partial charge in [-0.05, 0) is 29.1 Å². The van der Waals surface area contributed by atoms with E-state index in [1.165, 1.54) is 17.0 Å². The smallest absolute Gasteiger partial charge is 0.387 e. The molecule has 160 valence electrons. The van der Waals surface area contributed by atoms with Crippen molar-refractivity contribution in [3.8, 4) is 5.75 Å². The van der Waals surface area contributed by atoms with Gasteiger partial charge >= 0.3 is 6.61 Å². The lowest BCUT2D eigenvalue weighted by atomic mass is 10.2. The first-order valence-corrected chi connectivity index (χ1v) is 9.49. The molecule has 0 spiro atoms. The van der Waals surface area contributed by atoms with Crippen LogP contribution in [0.3, 0.4) is 0 Å². The third-order valence-electron chi connectivity index (χ3n) is 3.79. The molecule has 0 unspecified atom stereocenters. The van der Waals surface area contributed by atoms with E-state index in [-0.39, 0.29) is 42.2 Å². The van der Waals surface area contributed by atoms with E-state index in [1.807, 2.05) is 29.5 Å². The predicted molar refractivity (Wildman–Crippen MR) is 122 cm³/mol. The summed E-state index contributed by atoms with van der Waals surface area (Å²) < 4.78 is 28.9. The van der Waals surface area contributed by atoms with Crippen LogP contribution in [-0.4, -0.2) is 56.0 Å². The SMILES string of the molecule is CN(C)C(=O)CN=C(NCc1cccs1)N(C)Cc1ccc(OC(F)F)cc1.I. The van der Waals surface area contributed by atoms with Gasteiger partial charge in [0, 0.05) is 32.6 Å². The van der Waals surface area contributed by atoms with Crippen LogP contribution in [0.25, 0.3) is 0 Å². The average molecular weight is 538 g/mol. The largest absolute Gasteiger partial charge is 0.435 e. The van der Waals surface area contributed by atoms with Gasteiger partial charge in [0.1, 0.15) is 12.3 Å². The minimum atomic E-state index is -2.84. The summed E-state index contributed by atoms with van der Waals surface area (Å²) in [5.41, 5.74) is 0.897. The van der Waals surface area contributed by atoms with Crippen LogP contribution in [0.5, 0.6) is 5.75 Å². The molecule has 6 nitrogen and oxygen atoms in total. The Labute approximate surface area is 190 Å². The zero-order valence-corrected chi connectivity index (χ0v) is 19.6. The molecule has 0 radical (unpaired) electrons. The number of hydrogen-bond acceptors (Lipinski definition) is 4. The highest BCUT2D eigenvalue weighted by molar-refractivity contribution is 14.0. The maximum absolute atomic E-state index is 12.3. The van der Waals surface area contributed by atoms with Crippen molar-refractivity contribution in [1.29, 1.82) is 0 Å². The molecule has 1 heterocycles. The number of amides is 1. The summed E-state index contributed by atoms with van der Waals surface area (Å²) in [7, 11) is 5.22. The van der Waals surface area contributed by atoms with Gasteiger partial charge < -0.3 is 19.9 Å². The highest BCUT2D eigenvalue weighted by Crippen LogP contribution is 2.16. The zero-order valence-electron chi connectivity index (χ0n) is 16.5. The number of carbonyl (C=O) groups excluding carboxylic acids is 1. The Hall–Kier alpha value is -1.95. The summed E-state index contributed by atoms with van der Waals surface area (Å²) >= 11 is 1.63. The number of aliphatic imine (C=N–C) groups is 1. The second-order valence-electron chi connectivity index (χ2n) is 6.24. The molecule has 0 saturated carbocycles. The average Bonchev–Trinajstić information content (AvgIpc) is 3.16. The summed E-state index contributed by atoms with van der Waals surface area (Å²) in [6.45, 7) is -1.73. The number of rotatable bonds is 8. The minimum absolute atomic E-state index is 0. The number of thiophene rings is 1. The maximum Gasteiger partial charge on any atom is 0.387 e. The molecule has 1 aromatic carbocycles. The Bertz CT molecular complexity index is 771. The summed E-state index contributed by atoms with van der Waals surface area (Å²) in [6, 6.07) is 10.4. The lowest BCUT2D eigenvalue weighted by molar-refractivity contribution is -0.127. The van der Waals surface area contributed by atoms with Gasteiger partial charge in [-0.3, -0.25) is 4.79 Å². The summed E-state index contributed by atoms with van der Waals surface area (Å²) in [4.78, 5) is 20.8. The van der Waals surface area contributed by atoms with Crippen molar-refractivity contribution in [1.82, 2.24) is 15.1 Å². The molecule has 0 atom stereocenters. The number of likely N-dealkylation sites (N-methyl/N-ethyl adjacent to an activating group) is 1. The van der Waals surface area contributed by atoms with Crippen LogP contribution in [0.4, 0.5) is 8.78 Å². The first kappa shape index (κ1) is 25.1. The zero-order chi connectivity index (χ0) is 20.5. The van der Waals surface area contributed by atoms with Crippen molar-refractivity contribution in [2.75, 3.05) is 27.7 Å². The van der Waals surface area contributed by atoms with Crippen molar-refractivity contribution < 1.29 is 18.3 Å². The summed E-state index contributed by atoms with van der Waals surface area (Å²) in [5, 5.41) is 5.26. The molecular weight excluding hydrogens is 513 g/mol. The molecule has 0 aliphatic rings. The molecule has 2 rings (SSSR count). The molecule has 0 saturated heterocycles. The van der Waals surface area contributed by atoms with Crippen LogP contribution in [0.15, 0.2) is 46.8 Å². The molecule has 0 aliphatic heterocycles. The van der Waals surface area contributed by atoms with Crippen molar-refractivity contribution in [3.05, 3.63) is 52.2 Å². The van der Waals surface area contributed by atoms with Crippen LogP contribution in [0.2, 0.25) is 0 Å². The van der Waals surface area contributed by atoms with E-state index in [9.17, 15) is 13.6 Å². The lowest BCUT2D eigenvalue weighted by Gasteiger charge is -2.23. The molecule has 10 heteroatoms. The van der Waals surface area contributed by atoms with Gasteiger partial charge in [-0.2, -0.15) is 8.78 Å². The first-order chi connectivity index (χ1) is 13.3. The van der Waals surface area contributed by atoms with Gasteiger partial charge in [0.2, 0.25) is 5.91 Å². The van der Waals surface area contributed by atoms with Crippen molar-refractivity contribution >= 4 is 47.2 Å². The fourth-order valence-corrected chi connectivity index (χ4v) is 2.94. The molecule has 1 amide bonds. The Morgan fingerprint density at radius 3 is 2.45 bits per heavy atom. The summed E-state index contributed by atoms with van der Waals surface area (Å²) in [5.74, 6) is 0.594. The highest BCUT2D eigenvalue weighted by Gasteiger charge is 2.11. The van der Waals surface area contributed by atoms with E-state index in [2.05, 4.69) is 15.0 Å². The van der Waals surface area contributed by atoms with Crippen LogP contribution in [0.1, 0.15) is 10.4 Å². The van der Waals surface area contributed by atoms with Gasteiger partial charge in [-0.15, -0.1) is 35.3 Å². The van der Waals surface area contributed by atoms with Gasteiger partial charge in [-0.25, -0.2) is 4.99 Å². The topological polar surface area (TPSA) is 57.2 Å². The van der Waals surface area contributed by atoms with E-state index >= 15 is 0 Å². The second-order valence-corrected chi connectivity index (χ2v) is 7.27. The van der Waals surface area contributed by atoms with E-state index in [4.69, 9.17) is 0 Å². The normalized spacial score (nSPS) is 11.0. The van der Waals surface area contributed by atoms with E-state index < -0.39 is 6.61 Å². The lowest BCUT2D eigenvalue weighted by Crippen LogP contribution is -2.39. The Morgan fingerprint density at radius 2 is 1.90 bits per heavy atom. The first-order valence-electron chi connectivity index (χ1n) is 8.61. The van der Waals surface area contributed by atoms with Gasteiger partial charge in [0.25, 0.3) is 0 Å². The third-order valence-corrected chi connectivity index (χ3v) is 4.67. The molecule has 1 N–H and O–H groups in total. The number of nitrogens with one attached hydrogen (secondary N) is 1. The fourth-order valence-electron chi connectivity index (χ4n) is 2.30. The molecule has 0 fully saturated rings. The maximum atomic E-state index is 12.3. The molecule has 29 heavy (non-hydrogen) atoms.